The summed E-state index contributed by atoms with van der Waals surface area (Å²) in [7, 11) is 0. The number of aryl methyl sites for hydroxylation is 1. The number of hydrogen-bond acceptors (Lipinski definition) is 3. The highest BCUT2D eigenvalue weighted by atomic mass is 16.7. The molecule has 0 radical (unpaired) electrons. The summed E-state index contributed by atoms with van der Waals surface area (Å²) in [5, 5.41) is 2.37. The van der Waals surface area contributed by atoms with Crippen molar-refractivity contribution < 1.29 is 9.57 Å². The molecule has 1 heterocycles. The molecule has 2 aromatic carbocycles. The van der Waals surface area contributed by atoms with Crippen LogP contribution >= 0.6 is 0 Å². The lowest BCUT2D eigenvalue weighted by Gasteiger charge is -2.36. The maximum absolute atomic E-state index is 6.61. The van der Waals surface area contributed by atoms with Gasteiger partial charge in [-0.15, -0.1) is 5.06 Å². The summed E-state index contributed by atoms with van der Waals surface area (Å²) in [6.07, 6.45) is 15.8. The monoisotopic (exact) mass is 419 g/mol. The third kappa shape index (κ3) is 5.26. The molecule has 31 heavy (non-hydrogen) atoms. The molecule has 2 fully saturated rings. The van der Waals surface area contributed by atoms with Crippen LogP contribution < -0.4 is 9.57 Å². The number of nitrogens with zero attached hydrogens (tertiary/aromatic N) is 1. The van der Waals surface area contributed by atoms with Gasteiger partial charge in [-0.1, -0.05) is 68.9 Å². The molecular weight excluding hydrogens is 382 g/mol. The fraction of sp³-hybridized carbons (Fsp3) is 0.571. The zero-order valence-corrected chi connectivity index (χ0v) is 18.8. The molecule has 3 nitrogen and oxygen atoms in total. The van der Waals surface area contributed by atoms with E-state index in [1.165, 1.54) is 75.3 Å². The van der Waals surface area contributed by atoms with Crippen LogP contribution in [0, 0.1) is 5.92 Å². The van der Waals surface area contributed by atoms with E-state index in [1.807, 2.05) is 0 Å². The Hall–Kier alpha value is -2.00. The Balaban J connectivity index is 1.28. The van der Waals surface area contributed by atoms with Gasteiger partial charge in [0.2, 0.25) is 0 Å². The summed E-state index contributed by atoms with van der Waals surface area (Å²) in [6, 6.07) is 17.6. The molecule has 0 spiro atoms. The number of hydroxylamine groups is 2. The van der Waals surface area contributed by atoms with Crippen LogP contribution in [0.1, 0.15) is 87.9 Å². The lowest BCUT2D eigenvalue weighted by Crippen LogP contribution is -2.42. The van der Waals surface area contributed by atoms with E-state index in [4.69, 9.17) is 9.57 Å². The Kier molecular flexibility index (Phi) is 6.79. The van der Waals surface area contributed by atoms with Gasteiger partial charge in [0.1, 0.15) is 17.6 Å². The van der Waals surface area contributed by atoms with Crippen molar-refractivity contribution in [1.29, 1.82) is 0 Å². The lowest BCUT2D eigenvalue weighted by molar-refractivity contribution is -0.117. The molecule has 5 rings (SSSR count). The van der Waals surface area contributed by atoms with E-state index in [0.717, 1.165) is 36.8 Å². The topological polar surface area (TPSA) is 21.7 Å². The number of ether oxygens (including phenoxy) is 1. The lowest BCUT2D eigenvalue weighted by atomic mass is 9.88. The zero-order valence-electron chi connectivity index (χ0n) is 18.8. The molecule has 0 bridgehead atoms. The van der Waals surface area contributed by atoms with Gasteiger partial charge in [-0.3, -0.25) is 0 Å². The summed E-state index contributed by atoms with van der Waals surface area (Å²) in [5.41, 5.74) is 2.55. The van der Waals surface area contributed by atoms with E-state index in [2.05, 4.69) is 53.6 Å². The molecule has 2 saturated carbocycles. The Morgan fingerprint density at radius 1 is 0.806 bits per heavy atom. The fourth-order valence-corrected chi connectivity index (χ4v) is 5.71. The molecule has 2 aliphatic carbocycles. The Bertz CT molecular complexity index is 824. The third-order valence-corrected chi connectivity index (χ3v) is 7.52. The van der Waals surface area contributed by atoms with Crippen LogP contribution in [0.15, 0.2) is 48.5 Å². The predicted molar refractivity (Wildman–Crippen MR) is 125 cm³/mol. The van der Waals surface area contributed by atoms with Crippen LogP contribution in [-0.4, -0.2) is 17.6 Å². The average molecular weight is 420 g/mol. The molecule has 166 valence electrons. The summed E-state index contributed by atoms with van der Waals surface area (Å²) < 4.78 is 6.35. The van der Waals surface area contributed by atoms with Crippen LogP contribution in [0.25, 0.3) is 0 Å². The van der Waals surface area contributed by atoms with Crippen molar-refractivity contribution in [2.45, 2.75) is 89.2 Å². The number of hydrogen-bond donors (Lipinski definition) is 0. The second kappa shape index (κ2) is 10.1. The number of fused-ring (bicyclic) bond motifs is 1. The molecule has 0 aromatic heterocycles. The molecule has 0 saturated heterocycles. The average Bonchev–Trinajstić information content (AvgIpc) is 2.85. The summed E-state index contributed by atoms with van der Waals surface area (Å²) in [4.78, 5) is 6.61. The van der Waals surface area contributed by atoms with E-state index in [-0.39, 0.29) is 6.10 Å². The standard InChI is InChI=1S/C28H37NO2/c1-4-10-22(11-5-1)21-29(25-14-8-3-9-15-25)31-26-17-19-28-24(20-26)16-18-27(30-28)23-12-6-2-7-13-23/h2,6-7,12-13,17,19-20,22,25,27H,1,3-5,8-11,14-16,18,21H2. The molecule has 0 amide bonds. The molecule has 2 aromatic rings. The van der Waals surface area contributed by atoms with Crippen molar-refractivity contribution >= 4 is 0 Å². The molecule has 1 aliphatic heterocycles. The molecule has 0 N–H and O–H groups in total. The van der Waals surface area contributed by atoms with Gasteiger partial charge in [0.15, 0.2) is 0 Å². The van der Waals surface area contributed by atoms with Gasteiger partial charge in [0, 0.05) is 12.6 Å². The maximum atomic E-state index is 6.61. The van der Waals surface area contributed by atoms with Gasteiger partial charge < -0.3 is 9.57 Å². The van der Waals surface area contributed by atoms with Crippen LogP contribution in [0.2, 0.25) is 0 Å². The van der Waals surface area contributed by atoms with E-state index in [0.29, 0.717) is 6.04 Å². The highest BCUT2D eigenvalue weighted by Gasteiger charge is 2.27. The van der Waals surface area contributed by atoms with Gasteiger partial charge in [-0.2, -0.15) is 0 Å². The maximum Gasteiger partial charge on any atom is 0.148 e. The van der Waals surface area contributed by atoms with Gasteiger partial charge >= 0.3 is 0 Å². The molecule has 1 atom stereocenters. The first kappa shape index (κ1) is 20.9. The third-order valence-electron chi connectivity index (χ3n) is 7.52. The van der Waals surface area contributed by atoms with Gasteiger partial charge in [0.05, 0.1) is 0 Å². The van der Waals surface area contributed by atoms with Crippen LogP contribution in [-0.2, 0) is 6.42 Å². The molecule has 3 aliphatic rings. The van der Waals surface area contributed by atoms with Crippen molar-refractivity contribution in [3.8, 4) is 11.5 Å². The SMILES string of the molecule is c1ccc(C2CCc3cc(ON(CC4CCCCC4)C4CCCCC4)ccc3O2)cc1. The second-order valence-electron chi connectivity index (χ2n) is 9.81. The van der Waals surface area contributed by atoms with E-state index in [9.17, 15) is 0 Å². The van der Waals surface area contributed by atoms with Gasteiger partial charge in [-0.05, 0) is 73.8 Å². The van der Waals surface area contributed by atoms with Crippen molar-refractivity contribution in [2.24, 2.45) is 5.92 Å². The minimum Gasteiger partial charge on any atom is -0.485 e. The number of rotatable bonds is 6. The van der Waals surface area contributed by atoms with Crippen molar-refractivity contribution in [2.75, 3.05) is 6.54 Å². The molecule has 1 unspecified atom stereocenters. The predicted octanol–water partition coefficient (Wildman–Crippen LogP) is 7.26. The van der Waals surface area contributed by atoms with E-state index in [1.54, 1.807) is 0 Å². The Labute approximate surface area is 187 Å². The highest BCUT2D eigenvalue weighted by molar-refractivity contribution is 5.42. The van der Waals surface area contributed by atoms with Crippen molar-refractivity contribution in [1.82, 2.24) is 5.06 Å². The molecule has 3 heteroatoms. The minimum atomic E-state index is 0.158. The van der Waals surface area contributed by atoms with E-state index < -0.39 is 0 Å². The van der Waals surface area contributed by atoms with Crippen molar-refractivity contribution in [3.05, 3.63) is 59.7 Å². The first-order valence-electron chi connectivity index (χ1n) is 12.6. The minimum absolute atomic E-state index is 0.158. The van der Waals surface area contributed by atoms with Gasteiger partial charge in [-0.25, -0.2) is 0 Å². The summed E-state index contributed by atoms with van der Waals surface area (Å²) in [5.74, 6) is 2.80. The highest BCUT2D eigenvalue weighted by Crippen LogP contribution is 2.37. The zero-order chi connectivity index (χ0) is 20.9. The van der Waals surface area contributed by atoms with Crippen LogP contribution in [0.3, 0.4) is 0 Å². The van der Waals surface area contributed by atoms with Gasteiger partial charge in [0.25, 0.3) is 0 Å². The van der Waals surface area contributed by atoms with Crippen LogP contribution in [0.5, 0.6) is 11.5 Å². The Morgan fingerprint density at radius 2 is 1.55 bits per heavy atom. The quantitative estimate of drug-likeness (QED) is 0.460. The molecular formula is C28H37NO2. The fourth-order valence-electron chi connectivity index (χ4n) is 5.71. The smallest absolute Gasteiger partial charge is 0.148 e. The Morgan fingerprint density at radius 3 is 2.32 bits per heavy atom. The van der Waals surface area contributed by atoms with E-state index >= 15 is 0 Å². The summed E-state index contributed by atoms with van der Waals surface area (Å²) in [6.45, 7) is 1.09. The second-order valence-corrected chi connectivity index (χ2v) is 9.81. The first-order valence-corrected chi connectivity index (χ1v) is 12.6. The van der Waals surface area contributed by atoms with Crippen molar-refractivity contribution in [3.63, 3.8) is 0 Å². The number of benzene rings is 2. The summed E-state index contributed by atoms with van der Waals surface area (Å²) >= 11 is 0. The van der Waals surface area contributed by atoms with Crippen LogP contribution in [0.4, 0.5) is 0 Å². The normalized spacial score (nSPS) is 22.7. The largest absolute Gasteiger partial charge is 0.485 e. The first-order chi connectivity index (χ1) is 15.3.